The Hall–Kier alpha value is -10.8. The van der Waals surface area contributed by atoms with E-state index in [1.807, 2.05) is 31.9 Å². The van der Waals surface area contributed by atoms with E-state index < -0.39 is 263 Å². The first-order chi connectivity index (χ1) is 47.3. The number of carbonyl (C=O) groups excluding carboxylic acids is 15. The first-order valence-electron chi connectivity index (χ1n) is 31.1. The van der Waals surface area contributed by atoms with Gasteiger partial charge in [0.15, 0.2) is 0 Å². The normalized spacial score (nSPS) is 16.4. The first-order valence-corrected chi connectivity index (χ1v) is 31.1. The van der Waals surface area contributed by atoms with Crippen LogP contribution in [-0.4, -0.2) is 282 Å². The number of hydrogen-bond acceptors (Lipinski definition) is 25. The molecule has 1 aromatic carbocycles. The molecular formula is C58H88N16O27. The second-order valence-electron chi connectivity index (χ2n) is 23.4. The minimum atomic E-state index is -2.17. The third-order valence-electron chi connectivity index (χ3n) is 15.1. The fourth-order valence-corrected chi connectivity index (χ4v) is 9.24. The summed E-state index contributed by atoms with van der Waals surface area (Å²) in [6.07, 6.45) is -4.96. The smallest absolute Gasteiger partial charge is 0.326 e. The van der Waals surface area contributed by atoms with E-state index in [-0.39, 0.29) is 37.5 Å². The van der Waals surface area contributed by atoms with Crippen LogP contribution >= 0.6 is 0 Å². The molecule has 0 spiro atoms. The van der Waals surface area contributed by atoms with Crippen molar-refractivity contribution in [1.29, 1.82) is 0 Å². The fourth-order valence-electron chi connectivity index (χ4n) is 9.24. The highest BCUT2D eigenvalue weighted by molar-refractivity contribution is 6.01. The topological polar surface area (TPSA) is 715 Å². The van der Waals surface area contributed by atoms with Gasteiger partial charge >= 0.3 is 17.9 Å². The molecule has 2 rings (SSSR count). The number of nitrogens with zero attached hydrogens (tertiary/aromatic N) is 1. The molecule has 0 aliphatic carbocycles. The number of aromatic hydroxyl groups is 1. The van der Waals surface area contributed by atoms with Gasteiger partial charge in [-0.25, -0.2) is 4.79 Å². The summed E-state index contributed by atoms with van der Waals surface area (Å²) in [5.41, 5.74) is 16.4. The lowest BCUT2D eigenvalue weighted by atomic mass is 10.0. The monoisotopic (exact) mass is 1440 g/mol. The van der Waals surface area contributed by atoms with Gasteiger partial charge < -0.3 is 132 Å². The summed E-state index contributed by atoms with van der Waals surface area (Å²) in [6, 6.07) is -19.5. The van der Waals surface area contributed by atoms with Crippen LogP contribution in [0.2, 0.25) is 0 Å². The molecule has 1 aromatic rings. The average molecular weight is 1440 g/mol. The van der Waals surface area contributed by atoms with Crippen LogP contribution in [0.3, 0.4) is 0 Å². The van der Waals surface area contributed by atoms with Gasteiger partial charge in [0.25, 0.3) is 0 Å². The molecule has 1 aliphatic rings. The molecule has 43 nitrogen and oxygen atoms in total. The number of aliphatic hydroxyl groups is 5. The molecule has 27 N–H and O–H groups in total. The number of carboxylic acid groups (broad SMARTS) is 3. The number of nitrogens with two attached hydrogens (primary N) is 3. The van der Waals surface area contributed by atoms with Crippen molar-refractivity contribution in [2.45, 2.75) is 170 Å². The van der Waals surface area contributed by atoms with Gasteiger partial charge in [-0.15, -0.1) is 0 Å². The molecule has 43 heteroatoms. The zero-order valence-corrected chi connectivity index (χ0v) is 55.1. The van der Waals surface area contributed by atoms with Gasteiger partial charge in [-0.2, -0.15) is 0 Å². The molecule has 1 saturated heterocycles. The van der Waals surface area contributed by atoms with Crippen LogP contribution in [0, 0.1) is 5.92 Å². The maximum absolute atomic E-state index is 14.2. The highest BCUT2D eigenvalue weighted by Crippen LogP contribution is 2.20. The summed E-state index contributed by atoms with van der Waals surface area (Å²) in [5.74, 6) is -23.5. The molecule has 0 aromatic heterocycles. The van der Waals surface area contributed by atoms with Gasteiger partial charge in [-0.05, 0) is 63.1 Å². The zero-order chi connectivity index (χ0) is 76.7. The lowest BCUT2D eigenvalue weighted by molar-refractivity contribution is -0.144. The lowest BCUT2D eigenvalue weighted by Gasteiger charge is -2.30. The summed E-state index contributed by atoms with van der Waals surface area (Å²) in [5, 5.41) is 114. The highest BCUT2D eigenvalue weighted by Gasteiger charge is 2.41. The molecule has 0 bridgehead atoms. The number of carbonyl (C=O) groups is 18. The Kier molecular flexibility index (Phi) is 36.1. The summed E-state index contributed by atoms with van der Waals surface area (Å²) < 4.78 is 0. The fraction of sp³-hybridized carbons (Fsp3) is 0.586. The molecule has 1 heterocycles. The van der Waals surface area contributed by atoms with Crippen molar-refractivity contribution in [3.05, 3.63) is 29.8 Å². The van der Waals surface area contributed by atoms with Crippen molar-refractivity contribution in [2.75, 3.05) is 39.6 Å². The van der Waals surface area contributed by atoms with Crippen LogP contribution in [0.1, 0.15) is 84.6 Å². The average Bonchev–Trinajstić information content (AvgIpc) is 1.74. The number of carboxylic acids is 3. The van der Waals surface area contributed by atoms with Gasteiger partial charge in [0, 0.05) is 25.8 Å². The summed E-state index contributed by atoms with van der Waals surface area (Å²) in [4.78, 5) is 234. The number of benzene rings is 1. The van der Waals surface area contributed by atoms with E-state index in [0.29, 0.717) is 5.56 Å². The molecule has 101 heavy (non-hydrogen) atoms. The molecular weight excluding hydrogens is 1350 g/mol. The summed E-state index contributed by atoms with van der Waals surface area (Å²) in [7, 11) is 0. The Bertz CT molecular complexity index is 3180. The molecule has 562 valence electrons. The SMILES string of the molecule is CC(C)[C@H](N)C(=O)N[C@@H](CO)C(=O)N1CCC[C@H]1C(=O)N[C@@H](Cc1ccc(O)cc1)C(=O)N[C@@H](CCC(=O)O)C(=O)N[C@@H](CO)C(=O)N[C@@H](CO)C(=O)N[C@@H](C)C(=O)N[C@@H](C)C(=O)N[C@@H](CO)C(=O)N[C@@H](CC(=O)O)C(=O)N[C@@H](CO)C(=O)N[C@@H](CCC(N)=O)C(=O)N[C@@H](CC(N)=O)C(=O)O. The Balaban J connectivity index is 2.20. The number of hydrogen-bond donors (Lipinski definition) is 24. The van der Waals surface area contributed by atoms with Crippen LogP contribution in [0.25, 0.3) is 0 Å². The first kappa shape index (κ1) is 86.3. The molecule has 0 saturated carbocycles. The van der Waals surface area contributed by atoms with Gasteiger partial charge in [-0.3, -0.25) is 81.5 Å². The quantitative estimate of drug-likeness (QED) is 0.0288. The van der Waals surface area contributed by atoms with Crippen LogP contribution < -0.4 is 81.0 Å². The predicted octanol–water partition coefficient (Wildman–Crippen LogP) is -12.7. The molecule has 15 amide bonds. The van der Waals surface area contributed by atoms with Crippen molar-refractivity contribution in [1.82, 2.24) is 68.7 Å². The number of nitrogens with one attached hydrogen (secondary N) is 12. The maximum atomic E-state index is 14.2. The third-order valence-corrected chi connectivity index (χ3v) is 15.1. The van der Waals surface area contributed by atoms with E-state index in [9.17, 15) is 132 Å². The molecule has 0 radical (unpaired) electrons. The van der Waals surface area contributed by atoms with E-state index in [0.717, 1.165) is 18.7 Å². The number of aliphatic hydroxyl groups excluding tert-OH is 5. The van der Waals surface area contributed by atoms with E-state index in [1.165, 1.54) is 24.3 Å². The molecule has 14 atom stereocenters. The Morgan fingerprint density at radius 2 is 0.812 bits per heavy atom. The zero-order valence-electron chi connectivity index (χ0n) is 55.1. The number of phenols is 1. The lowest BCUT2D eigenvalue weighted by Crippen LogP contribution is -2.61. The standard InChI is InChI=1S/C58H88N16O27/c1-24(2)44(61)56(98)73-38(23-79)57(99)74-15-5-6-39(74)55(97)67-31(16-27-7-9-28(80)10-8-27)49(91)64-30(12-14-42(83)84)48(90)70-37(22-78)54(96)72-34(19-75)51(93)63-25(3)45(87)62-26(4)46(88)69-35(20-76)53(95)66-32(18-43(85)86)50(92)71-36(21-77)52(94)65-29(11-13-40(59)81)47(89)68-33(58(100)101)17-41(60)82/h7-10,24-26,29-39,44,75-80H,5-6,11-23,61H2,1-4H3,(H2,59,81)(H2,60,82)(H,62,87)(H,63,93)(H,64,91)(H,65,94)(H,66,95)(H,67,97)(H,68,89)(H,69,88)(H,70,90)(H,71,92)(H,72,96)(H,73,98)(H,83,84)(H,85,86)(H,100,101)/t25-,26-,29-,30-,31-,32-,33-,34-,35-,36-,37-,38-,39-,44-/m0/s1. The van der Waals surface area contributed by atoms with E-state index in [2.05, 4.69) is 31.9 Å². The number of rotatable bonds is 44. The molecule has 0 unspecified atom stereocenters. The Labute approximate surface area is 574 Å². The van der Waals surface area contributed by atoms with Gasteiger partial charge in [0.2, 0.25) is 88.6 Å². The maximum Gasteiger partial charge on any atom is 0.326 e. The van der Waals surface area contributed by atoms with Crippen LogP contribution in [-0.2, 0) is 92.7 Å². The second-order valence-corrected chi connectivity index (χ2v) is 23.4. The molecule has 1 fully saturated rings. The minimum absolute atomic E-state index is 0.0220. The van der Waals surface area contributed by atoms with Crippen molar-refractivity contribution >= 4 is 107 Å². The van der Waals surface area contributed by atoms with Crippen molar-refractivity contribution in [2.24, 2.45) is 23.1 Å². The molecule has 1 aliphatic heterocycles. The Morgan fingerprint density at radius 3 is 1.24 bits per heavy atom. The third kappa shape index (κ3) is 28.9. The van der Waals surface area contributed by atoms with Gasteiger partial charge in [-0.1, -0.05) is 26.0 Å². The van der Waals surface area contributed by atoms with E-state index in [1.54, 1.807) is 13.8 Å². The number of primary amides is 2. The number of aliphatic carboxylic acids is 3. The van der Waals surface area contributed by atoms with Crippen LogP contribution in [0.15, 0.2) is 24.3 Å². The summed E-state index contributed by atoms with van der Waals surface area (Å²) in [6.45, 7) is -0.577. The van der Waals surface area contributed by atoms with Crippen molar-refractivity contribution in [3.8, 4) is 5.75 Å². The van der Waals surface area contributed by atoms with Gasteiger partial charge in [0.05, 0.1) is 51.9 Å². The minimum Gasteiger partial charge on any atom is -0.508 e. The number of amides is 15. The largest absolute Gasteiger partial charge is 0.508 e. The number of phenolic OH excluding ortho intramolecular Hbond substituents is 1. The van der Waals surface area contributed by atoms with Crippen LogP contribution in [0.5, 0.6) is 5.75 Å². The van der Waals surface area contributed by atoms with Crippen LogP contribution in [0.4, 0.5) is 0 Å². The van der Waals surface area contributed by atoms with Crippen molar-refractivity contribution in [3.63, 3.8) is 0 Å². The van der Waals surface area contributed by atoms with E-state index in [4.69, 9.17) is 17.2 Å². The van der Waals surface area contributed by atoms with Gasteiger partial charge in [0.1, 0.15) is 84.3 Å². The van der Waals surface area contributed by atoms with E-state index >= 15 is 0 Å². The van der Waals surface area contributed by atoms with Crippen molar-refractivity contribution < 1.29 is 132 Å². The summed E-state index contributed by atoms with van der Waals surface area (Å²) >= 11 is 0. The second kappa shape index (κ2) is 42.3. The predicted molar refractivity (Wildman–Crippen MR) is 338 cm³/mol. The Morgan fingerprint density at radius 1 is 0.436 bits per heavy atom. The number of likely N-dealkylation sites (tertiary alicyclic amines) is 1. The highest BCUT2D eigenvalue weighted by atomic mass is 16.4.